The molecule has 0 saturated heterocycles. The molecule has 0 atom stereocenters. The van der Waals surface area contributed by atoms with Crippen molar-refractivity contribution in [2.75, 3.05) is 16.8 Å². The monoisotopic (exact) mass is 295 g/mol. The third kappa shape index (κ3) is 2.95. The average Bonchev–Trinajstić information content (AvgIpc) is 2.45. The molecule has 0 unspecified atom stereocenters. The quantitative estimate of drug-likeness (QED) is 0.654. The van der Waals surface area contributed by atoms with Gasteiger partial charge >= 0.3 is 0 Å². The summed E-state index contributed by atoms with van der Waals surface area (Å²) in [7, 11) is 0. The summed E-state index contributed by atoms with van der Waals surface area (Å²) in [6, 6.07) is 8.72. The van der Waals surface area contributed by atoms with Gasteiger partial charge < -0.3 is 21.9 Å². The minimum absolute atomic E-state index is 0.0436. The van der Waals surface area contributed by atoms with Gasteiger partial charge in [-0.05, 0) is 17.2 Å². The van der Waals surface area contributed by atoms with Gasteiger partial charge in [-0.2, -0.15) is 0 Å². The van der Waals surface area contributed by atoms with Crippen molar-refractivity contribution >= 4 is 28.7 Å². The summed E-state index contributed by atoms with van der Waals surface area (Å²) in [5, 5.41) is 11.8. The van der Waals surface area contributed by atoms with Crippen LogP contribution in [-0.4, -0.2) is 5.11 Å². The Morgan fingerprint density at radius 2 is 1.85 bits per heavy atom. The number of anilines is 3. The molecular formula is C14H15ClFN3O. The first kappa shape index (κ1) is 14.4. The zero-order valence-corrected chi connectivity index (χ0v) is 11.4. The van der Waals surface area contributed by atoms with Gasteiger partial charge in [-0.15, -0.1) is 0 Å². The van der Waals surface area contributed by atoms with Crippen LogP contribution in [0, 0.1) is 5.82 Å². The van der Waals surface area contributed by atoms with E-state index in [0.29, 0.717) is 6.54 Å². The first-order valence-electron chi connectivity index (χ1n) is 5.98. The Bertz CT molecular complexity index is 634. The molecule has 6 N–H and O–H groups in total. The second-order valence-electron chi connectivity index (χ2n) is 4.39. The van der Waals surface area contributed by atoms with Crippen LogP contribution in [0.1, 0.15) is 11.1 Å². The summed E-state index contributed by atoms with van der Waals surface area (Å²) in [6.07, 6.45) is 0. The van der Waals surface area contributed by atoms with E-state index in [1.54, 1.807) is 6.07 Å². The van der Waals surface area contributed by atoms with E-state index in [9.17, 15) is 4.39 Å². The summed E-state index contributed by atoms with van der Waals surface area (Å²) in [5.74, 6) is -0.664. The lowest BCUT2D eigenvalue weighted by atomic mass is 10.1. The molecule has 6 heteroatoms. The van der Waals surface area contributed by atoms with E-state index in [-0.39, 0.29) is 28.7 Å². The summed E-state index contributed by atoms with van der Waals surface area (Å²) in [5.41, 5.74) is 13.4. The Kier molecular flexibility index (Phi) is 4.32. The Morgan fingerprint density at radius 1 is 1.15 bits per heavy atom. The molecule has 2 aromatic carbocycles. The van der Waals surface area contributed by atoms with Gasteiger partial charge in [0.05, 0.1) is 23.7 Å². The molecule has 106 valence electrons. The Hall–Kier alpha value is -1.98. The van der Waals surface area contributed by atoms with E-state index >= 15 is 0 Å². The number of hydrogen-bond acceptors (Lipinski definition) is 4. The fourth-order valence-corrected chi connectivity index (χ4v) is 2.02. The molecule has 0 saturated carbocycles. The molecule has 0 spiro atoms. The zero-order valence-electron chi connectivity index (χ0n) is 10.7. The SMILES string of the molecule is Nc1cc(N)c(NCc2cccc(CO)c2)c(F)c1Cl. The highest BCUT2D eigenvalue weighted by Gasteiger charge is 2.13. The van der Waals surface area contributed by atoms with Crippen molar-refractivity contribution in [2.45, 2.75) is 13.2 Å². The van der Waals surface area contributed by atoms with E-state index in [1.165, 1.54) is 6.07 Å². The Morgan fingerprint density at radius 3 is 2.55 bits per heavy atom. The normalized spacial score (nSPS) is 10.6. The Labute approximate surface area is 121 Å². The number of nitrogen functional groups attached to an aromatic ring is 2. The van der Waals surface area contributed by atoms with Gasteiger partial charge in [-0.1, -0.05) is 35.9 Å². The smallest absolute Gasteiger partial charge is 0.169 e. The first-order valence-corrected chi connectivity index (χ1v) is 6.36. The number of halogens is 2. The topological polar surface area (TPSA) is 84.3 Å². The van der Waals surface area contributed by atoms with Crippen LogP contribution in [0.15, 0.2) is 30.3 Å². The molecule has 0 fully saturated rings. The van der Waals surface area contributed by atoms with Crippen LogP contribution in [0.5, 0.6) is 0 Å². The van der Waals surface area contributed by atoms with Crippen LogP contribution in [0.4, 0.5) is 21.5 Å². The maximum absolute atomic E-state index is 14.0. The summed E-state index contributed by atoms with van der Waals surface area (Å²) in [4.78, 5) is 0. The molecular weight excluding hydrogens is 281 g/mol. The number of aliphatic hydroxyl groups excluding tert-OH is 1. The lowest BCUT2D eigenvalue weighted by molar-refractivity contribution is 0.281. The maximum Gasteiger partial charge on any atom is 0.169 e. The van der Waals surface area contributed by atoms with Crippen LogP contribution in [0.3, 0.4) is 0 Å². The van der Waals surface area contributed by atoms with Crippen LogP contribution in [0.2, 0.25) is 5.02 Å². The molecule has 2 aromatic rings. The fraction of sp³-hybridized carbons (Fsp3) is 0.143. The molecule has 0 aliphatic rings. The number of nitrogens with one attached hydrogen (secondary N) is 1. The van der Waals surface area contributed by atoms with E-state index in [4.69, 9.17) is 28.2 Å². The molecule has 0 aromatic heterocycles. The van der Waals surface area contributed by atoms with Crippen molar-refractivity contribution in [1.82, 2.24) is 0 Å². The van der Waals surface area contributed by atoms with Crippen molar-refractivity contribution in [3.05, 3.63) is 52.3 Å². The van der Waals surface area contributed by atoms with Crippen LogP contribution in [-0.2, 0) is 13.2 Å². The van der Waals surface area contributed by atoms with Gasteiger partial charge in [-0.25, -0.2) is 4.39 Å². The number of rotatable bonds is 4. The van der Waals surface area contributed by atoms with Crippen molar-refractivity contribution in [1.29, 1.82) is 0 Å². The highest BCUT2D eigenvalue weighted by atomic mass is 35.5. The highest BCUT2D eigenvalue weighted by Crippen LogP contribution is 2.33. The van der Waals surface area contributed by atoms with E-state index < -0.39 is 5.82 Å². The maximum atomic E-state index is 14.0. The van der Waals surface area contributed by atoms with Crippen LogP contribution >= 0.6 is 11.6 Å². The van der Waals surface area contributed by atoms with Gasteiger partial charge in [0, 0.05) is 6.54 Å². The lowest BCUT2D eigenvalue weighted by Gasteiger charge is -2.13. The van der Waals surface area contributed by atoms with Gasteiger partial charge in [-0.3, -0.25) is 0 Å². The van der Waals surface area contributed by atoms with E-state index in [2.05, 4.69) is 5.32 Å². The fourth-order valence-electron chi connectivity index (χ4n) is 1.87. The first-order chi connectivity index (χ1) is 9.52. The molecule has 0 bridgehead atoms. The standard InChI is InChI=1S/C14H15ClFN3O/c15-12-10(17)5-11(18)14(13(12)16)19-6-8-2-1-3-9(4-8)7-20/h1-5,19-20H,6-7,17-18H2. The Balaban J connectivity index is 2.21. The van der Waals surface area contributed by atoms with Gasteiger partial charge in [0.2, 0.25) is 0 Å². The molecule has 2 rings (SSSR count). The van der Waals surface area contributed by atoms with Crippen molar-refractivity contribution in [2.24, 2.45) is 0 Å². The number of aliphatic hydroxyl groups is 1. The largest absolute Gasteiger partial charge is 0.397 e. The molecule has 4 nitrogen and oxygen atoms in total. The van der Waals surface area contributed by atoms with Gasteiger partial charge in [0.25, 0.3) is 0 Å². The van der Waals surface area contributed by atoms with E-state index in [1.807, 2.05) is 18.2 Å². The van der Waals surface area contributed by atoms with Crippen molar-refractivity contribution in [3.8, 4) is 0 Å². The molecule has 20 heavy (non-hydrogen) atoms. The summed E-state index contributed by atoms with van der Waals surface area (Å²) >= 11 is 5.76. The number of benzene rings is 2. The lowest BCUT2D eigenvalue weighted by Crippen LogP contribution is -2.07. The predicted molar refractivity (Wildman–Crippen MR) is 79.9 cm³/mol. The molecule has 0 radical (unpaired) electrons. The second-order valence-corrected chi connectivity index (χ2v) is 4.77. The molecule has 0 aliphatic heterocycles. The average molecular weight is 296 g/mol. The molecule has 0 aliphatic carbocycles. The van der Waals surface area contributed by atoms with Crippen LogP contribution in [0.25, 0.3) is 0 Å². The van der Waals surface area contributed by atoms with Crippen molar-refractivity contribution < 1.29 is 9.50 Å². The van der Waals surface area contributed by atoms with Crippen molar-refractivity contribution in [3.63, 3.8) is 0 Å². The number of nitrogens with two attached hydrogens (primary N) is 2. The minimum atomic E-state index is -0.664. The summed E-state index contributed by atoms with van der Waals surface area (Å²) < 4.78 is 14.0. The van der Waals surface area contributed by atoms with E-state index in [0.717, 1.165) is 11.1 Å². The van der Waals surface area contributed by atoms with Crippen LogP contribution < -0.4 is 16.8 Å². The van der Waals surface area contributed by atoms with Gasteiger partial charge in [0.1, 0.15) is 5.02 Å². The second kappa shape index (κ2) is 5.98. The van der Waals surface area contributed by atoms with Gasteiger partial charge in [0.15, 0.2) is 5.82 Å². The zero-order chi connectivity index (χ0) is 14.7. The summed E-state index contributed by atoms with van der Waals surface area (Å²) in [6.45, 7) is 0.313. The third-order valence-electron chi connectivity index (χ3n) is 2.91. The third-order valence-corrected chi connectivity index (χ3v) is 3.29. The molecule has 0 amide bonds. The minimum Gasteiger partial charge on any atom is -0.397 e. The molecule has 0 heterocycles. The predicted octanol–water partition coefficient (Wildman–Crippen LogP) is 2.75. The number of hydrogen-bond donors (Lipinski definition) is 4. The highest BCUT2D eigenvalue weighted by molar-refractivity contribution is 6.33.